The monoisotopic (exact) mass is 182 g/mol. The summed E-state index contributed by atoms with van der Waals surface area (Å²) in [7, 11) is 1.64. The van der Waals surface area contributed by atoms with E-state index in [0.717, 1.165) is 31.3 Å². The molecule has 1 rings (SSSR count). The van der Waals surface area contributed by atoms with Gasteiger partial charge in [0.1, 0.15) is 0 Å². The molecule has 1 saturated carbocycles. The normalized spacial score (nSPS) is 22.4. The molecule has 13 heavy (non-hydrogen) atoms. The largest absolute Gasteiger partial charge is 0.385 e. The Labute approximate surface area is 79.9 Å². The first-order chi connectivity index (χ1) is 6.14. The lowest BCUT2D eigenvalue weighted by atomic mass is 9.89. The minimum absolute atomic E-state index is 0.0828. The summed E-state index contributed by atoms with van der Waals surface area (Å²) in [5, 5.41) is 10.2. The molecule has 0 aromatic carbocycles. The molecule has 1 atom stereocenters. The number of hydrogen-bond donors (Lipinski definition) is 1. The maximum atomic E-state index is 10.2. The first-order valence-corrected chi connectivity index (χ1v) is 4.79. The van der Waals surface area contributed by atoms with E-state index in [0.29, 0.717) is 0 Å². The fourth-order valence-corrected chi connectivity index (χ4v) is 2.03. The van der Waals surface area contributed by atoms with Gasteiger partial charge in [0.25, 0.3) is 0 Å². The second-order valence-corrected chi connectivity index (χ2v) is 3.71. The summed E-state index contributed by atoms with van der Waals surface area (Å²) >= 11 is 0. The van der Waals surface area contributed by atoms with Crippen molar-refractivity contribution in [3.8, 4) is 0 Å². The molecule has 0 heterocycles. The van der Waals surface area contributed by atoms with E-state index in [1.165, 1.54) is 0 Å². The fraction of sp³-hybridized carbons (Fsp3) is 0.727. The van der Waals surface area contributed by atoms with Crippen LogP contribution in [0.1, 0.15) is 32.6 Å². The Bertz CT molecular complexity index is 220. The van der Waals surface area contributed by atoms with Crippen LogP contribution in [-0.4, -0.2) is 23.9 Å². The third-order valence-electron chi connectivity index (χ3n) is 2.88. The van der Waals surface area contributed by atoms with E-state index in [1.807, 2.05) is 6.92 Å². The topological polar surface area (TPSA) is 29.5 Å². The molecule has 2 nitrogen and oxygen atoms in total. The van der Waals surface area contributed by atoms with Crippen molar-refractivity contribution in [3.05, 3.63) is 17.9 Å². The highest BCUT2D eigenvalue weighted by Gasteiger charge is 2.37. The third-order valence-corrected chi connectivity index (χ3v) is 2.88. The van der Waals surface area contributed by atoms with E-state index in [9.17, 15) is 5.11 Å². The molecule has 1 aliphatic carbocycles. The maximum Gasteiger partial charge on any atom is 0.0955 e. The summed E-state index contributed by atoms with van der Waals surface area (Å²) < 4.78 is 5.18. The summed E-state index contributed by atoms with van der Waals surface area (Å²) in [6, 6.07) is 0. The molecule has 1 fully saturated rings. The Hall–Kier alpha value is -0.560. The van der Waals surface area contributed by atoms with Crippen LogP contribution in [-0.2, 0) is 4.74 Å². The predicted octanol–water partition coefficient (Wildman–Crippen LogP) is 2.04. The molecule has 1 unspecified atom stereocenters. The van der Waals surface area contributed by atoms with Crippen molar-refractivity contribution in [1.82, 2.24) is 0 Å². The molecular formula is C11H18O2. The van der Waals surface area contributed by atoms with E-state index >= 15 is 0 Å². The van der Waals surface area contributed by atoms with Crippen molar-refractivity contribution in [2.45, 2.75) is 44.3 Å². The van der Waals surface area contributed by atoms with E-state index < -0.39 is 5.60 Å². The minimum Gasteiger partial charge on any atom is -0.385 e. The maximum absolute atomic E-state index is 10.2. The number of aliphatic hydroxyl groups is 1. The van der Waals surface area contributed by atoms with Gasteiger partial charge in [0.2, 0.25) is 0 Å². The third kappa shape index (κ3) is 2.02. The predicted molar refractivity (Wildman–Crippen MR) is 52.5 cm³/mol. The molecule has 0 aliphatic heterocycles. The molecule has 2 heteroatoms. The van der Waals surface area contributed by atoms with Crippen LogP contribution >= 0.6 is 0 Å². The lowest BCUT2D eigenvalue weighted by molar-refractivity contribution is 0.0445. The molecule has 0 saturated heterocycles. The number of hydrogen-bond acceptors (Lipinski definition) is 2. The van der Waals surface area contributed by atoms with Gasteiger partial charge in [-0.15, -0.1) is 5.73 Å². The second-order valence-electron chi connectivity index (χ2n) is 3.71. The van der Waals surface area contributed by atoms with Gasteiger partial charge >= 0.3 is 0 Å². The smallest absolute Gasteiger partial charge is 0.0955 e. The van der Waals surface area contributed by atoms with Gasteiger partial charge in [-0.3, -0.25) is 0 Å². The Morgan fingerprint density at radius 2 is 2.08 bits per heavy atom. The van der Waals surface area contributed by atoms with Gasteiger partial charge in [-0.05, 0) is 19.8 Å². The van der Waals surface area contributed by atoms with Crippen LogP contribution in [0.25, 0.3) is 0 Å². The van der Waals surface area contributed by atoms with E-state index in [2.05, 4.69) is 12.3 Å². The van der Waals surface area contributed by atoms with Crippen molar-refractivity contribution < 1.29 is 9.84 Å². The van der Waals surface area contributed by atoms with Gasteiger partial charge in [-0.25, -0.2) is 0 Å². The molecule has 0 amide bonds. The zero-order valence-corrected chi connectivity index (χ0v) is 8.47. The van der Waals surface area contributed by atoms with Gasteiger partial charge in [0.05, 0.1) is 11.7 Å². The summed E-state index contributed by atoms with van der Waals surface area (Å²) in [5.74, 6) is 0. The molecule has 74 valence electrons. The number of ether oxygens (including phenoxy) is 1. The molecule has 1 N–H and O–H groups in total. The first kappa shape index (κ1) is 10.5. The van der Waals surface area contributed by atoms with Crippen molar-refractivity contribution >= 4 is 0 Å². The summed E-state index contributed by atoms with van der Waals surface area (Å²) in [5.41, 5.74) is 2.94. The average Bonchev–Trinajstić information content (AvgIpc) is 2.53. The van der Waals surface area contributed by atoms with Crippen LogP contribution < -0.4 is 0 Å². The summed E-state index contributed by atoms with van der Waals surface area (Å²) in [6.07, 6.45) is 3.72. The molecule has 0 bridgehead atoms. The highest BCUT2D eigenvalue weighted by atomic mass is 16.5. The van der Waals surface area contributed by atoms with Crippen LogP contribution in [0.5, 0.6) is 0 Å². The summed E-state index contributed by atoms with van der Waals surface area (Å²) in [6.45, 7) is 5.54. The van der Waals surface area contributed by atoms with Crippen molar-refractivity contribution in [2.75, 3.05) is 7.11 Å². The number of methoxy groups -OCH3 is 1. The Morgan fingerprint density at radius 3 is 2.46 bits per heavy atom. The highest BCUT2D eigenvalue weighted by molar-refractivity contribution is 5.20. The zero-order valence-electron chi connectivity index (χ0n) is 8.47. The van der Waals surface area contributed by atoms with E-state index in [1.54, 1.807) is 7.11 Å². The summed E-state index contributed by atoms with van der Waals surface area (Å²) in [4.78, 5) is 0. The van der Waals surface area contributed by atoms with Crippen molar-refractivity contribution in [3.63, 3.8) is 0 Å². The molecular weight excluding hydrogens is 164 g/mol. The Kier molecular flexibility index (Phi) is 3.32. The number of rotatable bonds is 3. The molecule has 1 aliphatic rings. The Balaban J connectivity index is 2.83. The average molecular weight is 182 g/mol. The van der Waals surface area contributed by atoms with Crippen LogP contribution in [0.2, 0.25) is 0 Å². The van der Waals surface area contributed by atoms with Crippen LogP contribution in [0.3, 0.4) is 0 Å². The molecule has 0 aromatic rings. The minimum atomic E-state index is -0.697. The molecule has 0 aromatic heterocycles. The Morgan fingerprint density at radius 1 is 1.54 bits per heavy atom. The van der Waals surface area contributed by atoms with Gasteiger partial charge in [0.15, 0.2) is 0 Å². The second kappa shape index (κ2) is 4.10. The van der Waals surface area contributed by atoms with E-state index in [4.69, 9.17) is 4.74 Å². The molecule has 0 spiro atoms. The van der Waals surface area contributed by atoms with Crippen LogP contribution in [0, 0.1) is 0 Å². The lowest BCUT2D eigenvalue weighted by Gasteiger charge is -2.27. The highest BCUT2D eigenvalue weighted by Crippen LogP contribution is 2.37. The van der Waals surface area contributed by atoms with E-state index in [-0.39, 0.29) is 6.10 Å². The zero-order chi connectivity index (χ0) is 9.90. The quantitative estimate of drug-likeness (QED) is 0.677. The fourth-order valence-electron chi connectivity index (χ4n) is 2.03. The first-order valence-electron chi connectivity index (χ1n) is 4.79. The van der Waals surface area contributed by atoms with Crippen LogP contribution in [0.4, 0.5) is 0 Å². The molecule has 0 radical (unpaired) electrons. The van der Waals surface area contributed by atoms with Gasteiger partial charge < -0.3 is 9.84 Å². The van der Waals surface area contributed by atoms with Crippen LogP contribution in [0.15, 0.2) is 17.9 Å². The van der Waals surface area contributed by atoms with Crippen molar-refractivity contribution in [2.24, 2.45) is 0 Å². The lowest BCUT2D eigenvalue weighted by Crippen LogP contribution is -2.33. The van der Waals surface area contributed by atoms with Gasteiger partial charge in [0, 0.05) is 12.7 Å². The SMILES string of the molecule is C=C=C(C(C)OC)C1(O)CCCC1. The van der Waals surface area contributed by atoms with Gasteiger partial charge in [-0.2, -0.15) is 0 Å². The van der Waals surface area contributed by atoms with Gasteiger partial charge in [-0.1, -0.05) is 19.4 Å². The standard InChI is InChI=1S/C11H18O2/c1-4-10(9(2)13-3)11(12)7-5-6-8-11/h9,12H,1,5-8H2,2-3H3. The van der Waals surface area contributed by atoms with Crippen molar-refractivity contribution in [1.29, 1.82) is 0 Å².